The zero-order valence-corrected chi connectivity index (χ0v) is 36.8. The van der Waals surface area contributed by atoms with Crippen LogP contribution < -0.4 is 25.4 Å². The Balaban J connectivity index is 1.20. The number of hydrogen-bond donors (Lipinski definition) is 0. The molecule has 0 atom stereocenters. The van der Waals surface area contributed by atoms with Gasteiger partial charge in [-0.3, -0.25) is 0 Å². The molecule has 0 fully saturated rings. The molecule has 0 aliphatic carbocycles. The normalized spacial score (nSPS) is 13.5. The monoisotopic (exact) mass is 840 g/mol. The number of thiophene rings is 1. The van der Waals surface area contributed by atoms with Gasteiger partial charge in [0.1, 0.15) is 0 Å². The fourth-order valence-electron chi connectivity index (χ4n) is 9.97. The summed E-state index contributed by atoms with van der Waals surface area (Å²) in [6.07, 6.45) is 6.34. The standard InChI is InChI=1S/C59H44N2SSi/c1-3-4-34-57-42(2)60(45-22-8-5-9-23-45)55-41-47(39-40-58(55)63(57,48-24-10-6-11-25-48)49-26-12-7-13-27-49)61(54-32-19-31-53-52-29-16-17-33-56(52)62-59(53)54)46-37-35-44(36-38-46)51-30-18-21-43-20-14-15-28-50(43)51/h3-41H,1H2,2H3/b34-4-. The Labute approximate surface area is 374 Å². The highest BCUT2D eigenvalue weighted by atomic mass is 32.1. The zero-order chi connectivity index (χ0) is 42.3. The van der Waals surface area contributed by atoms with E-state index < -0.39 is 8.07 Å². The first-order valence-corrected chi connectivity index (χ1v) is 24.4. The predicted molar refractivity (Wildman–Crippen MR) is 275 cm³/mol. The zero-order valence-electron chi connectivity index (χ0n) is 35.0. The molecule has 63 heavy (non-hydrogen) atoms. The Morgan fingerprint density at radius 1 is 0.556 bits per heavy atom. The fraction of sp³-hybridized carbons (Fsp3) is 0.0169. The van der Waals surface area contributed by atoms with E-state index in [0.29, 0.717) is 0 Å². The van der Waals surface area contributed by atoms with Gasteiger partial charge in [-0.1, -0.05) is 195 Å². The van der Waals surface area contributed by atoms with Crippen LogP contribution in [-0.2, 0) is 0 Å². The van der Waals surface area contributed by atoms with Crippen molar-refractivity contribution in [2.45, 2.75) is 6.92 Å². The van der Waals surface area contributed by atoms with Crippen LogP contribution in [0.3, 0.4) is 0 Å². The molecule has 1 aromatic heterocycles. The van der Waals surface area contributed by atoms with E-state index in [1.165, 1.54) is 74.2 Å². The summed E-state index contributed by atoms with van der Waals surface area (Å²) in [7, 11) is -2.92. The molecule has 10 aromatic rings. The maximum Gasteiger partial charge on any atom is 0.183 e. The van der Waals surface area contributed by atoms with Gasteiger partial charge in [0.25, 0.3) is 0 Å². The first kappa shape index (κ1) is 38.4. The van der Waals surface area contributed by atoms with Crippen LogP contribution in [0, 0.1) is 0 Å². The summed E-state index contributed by atoms with van der Waals surface area (Å²) < 4.78 is 2.55. The fourth-order valence-corrected chi connectivity index (χ4v) is 16.3. The van der Waals surface area contributed by atoms with E-state index in [0.717, 1.165) is 22.7 Å². The molecular formula is C59H44N2SSi. The largest absolute Gasteiger partial charge is 0.315 e. The average Bonchev–Trinajstić information content (AvgIpc) is 3.74. The van der Waals surface area contributed by atoms with Gasteiger partial charge >= 0.3 is 0 Å². The van der Waals surface area contributed by atoms with E-state index in [4.69, 9.17) is 0 Å². The van der Waals surface area contributed by atoms with E-state index in [9.17, 15) is 0 Å². The molecule has 0 spiro atoms. The second kappa shape index (κ2) is 16.1. The molecule has 11 rings (SSSR count). The highest BCUT2D eigenvalue weighted by Crippen LogP contribution is 2.47. The van der Waals surface area contributed by atoms with Crippen LogP contribution in [0.1, 0.15) is 6.92 Å². The van der Waals surface area contributed by atoms with Gasteiger partial charge in [-0.15, -0.1) is 11.3 Å². The first-order valence-electron chi connectivity index (χ1n) is 21.5. The van der Waals surface area contributed by atoms with Gasteiger partial charge in [0.05, 0.1) is 10.4 Å². The van der Waals surface area contributed by atoms with Crippen LogP contribution >= 0.6 is 11.3 Å². The molecule has 0 N–H and O–H groups in total. The summed E-state index contributed by atoms with van der Waals surface area (Å²) in [6, 6.07) is 80.6. The third-order valence-corrected chi connectivity index (χ3v) is 18.9. The number of nitrogens with zero attached hydrogens (tertiary/aromatic N) is 2. The molecule has 0 bridgehead atoms. The number of fused-ring (bicyclic) bond motifs is 5. The summed E-state index contributed by atoms with van der Waals surface area (Å²) in [5.41, 5.74) is 9.30. The third kappa shape index (κ3) is 6.37. The van der Waals surface area contributed by atoms with Gasteiger partial charge in [-0.25, -0.2) is 0 Å². The Morgan fingerprint density at radius 3 is 1.89 bits per heavy atom. The Hall–Kier alpha value is -7.50. The van der Waals surface area contributed by atoms with Crippen molar-refractivity contribution in [3.63, 3.8) is 0 Å². The number of rotatable bonds is 9. The van der Waals surface area contributed by atoms with Crippen LogP contribution in [0.2, 0.25) is 0 Å². The van der Waals surface area contributed by atoms with Crippen molar-refractivity contribution in [3.05, 3.63) is 254 Å². The molecule has 1 aliphatic rings. The summed E-state index contributed by atoms with van der Waals surface area (Å²) in [5, 5.41) is 10.4. The predicted octanol–water partition coefficient (Wildman–Crippen LogP) is 14.5. The molecule has 0 radical (unpaired) electrons. The lowest BCUT2D eigenvalue weighted by Crippen LogP contribution is -2.71. The summed E-state index contributed by atoms with van der Waals surface area (Å²) in [6.45, 7) is 6.44. The van der Waals surface area contributed by atoms with Gasteiger partial charge in [0, 0.05) is 43.9 Å². The lowest BCUT2D eigenvalue weighted by Gasteiger charge is -2.45. The molecule has 0 unspecified atom stereocenters. The van der Waals surface area contributed by atoms with E-state index in [2.05, 4.69) is 254 Å². The van der Waals surface area contributed by atoms with E-state index in [1.54, 1.807) is 0 Å². The quantitative estimate of drug-likeness (QED) is 0.106. The lowest BCUT2D eigenvalue weighted by atomic mass is 9.98. The summed E-state index contributed by atoms with van der Waals surface area (Å²) in [5.74, 6) is 0. The summed E-state index contributed by atoms with van der Waals surface area (Å²) in [4.78, 5) is 4.97. The van der Waals surface area contributed by atoms with Crippen molar-refractivity contribution in [1.82, 2.24) is 0 Å². The number of allylic oxidation sites excluding steroid dienone is 5. The molecular weight excluding hydrogens is 797 g/mol. The summed E-state index contributed by atoms with van der Waals surface area (Å²) >= 11 is 1.87. The maximum atomic E-state index is 4.13. The van der Waals surface area contributed by atoms with Crippen molar-refractivity contribution in [1.29, 1.82) is 0 Å². The van der Waals surface area contributed by atoms with Crippen LogP contribution in [0.5, 0.6) is 0 Å². The molecule has 2 nitrogen and oxygen atoms in total. The van der Waals surface area contributed by atoms with Crippen LogP contribution in [-0.4, -0.2) is 8.07 Å². The lowest BCUT2D eigenvalue weighted by molar-refractivity contribution is 1.14. The number of benzene rings is 9. The Morgan fingerprint density at radius 2 is 1.16 bits per heavy atom. The maximum absolute atomic E-state index is 4.13. The van der Waals surface area contributed by atoms with Gasteiger partial charge in [-0.2, -0.15) is 0 Å². The van der Waals surface area contributed by atoms with E-state index >= 15 is 0 Å². The SMILES string of the molecule is C=C/C=C\C1=C(C)N(c2ccccc2)c2cc(N(c3ccc(-c4cccc5ccccc45)cc3)c3cccc4c3sc3ccccc34)ccc2[Si]1(c1ccccc1)c1ccccc1. The molecule has 300 valence electrons. The van der Waals surface area contributed by atoms with Crippen molar-refractivity contribution in [2.24, 2.45) is 0 Å². The van der Waals surface area contributed by atoms with Gasteiger partial charge in [0.15, 0.2) is 8.07 Å². The molecule has 2 heterocycles. The number of para-hydroxylation sites is 1. The Bertz CT molecular complexity index is 3320. The highest BCUT2D eigenvalue weighted by Gasteiger charge is 2.49. The van der Waals surface area contributed by atoms with E-state index in [-0.39, 0.29) is 0 Å². The van der Waals surface area contributed by atoms with Crippen LogP contribution in [0.4, 0.5) is 28.4 Å². The first-order chi connectivity index (χ1) is 31.1. The second-order valence-corrected chi connectivity index (χ2v) is 20.9. The van der Waals surface area contributed by atoms with Crippen molar-refractivity contribution < 1.29 is 0 Å². The number of hydrogen-bond acceptors (Lipinski definition) is 3. The smallest absolute Gasteiger partial charge is 0.183 e. The van der Waals surface area contributed by atoms with Crippen molar-refractivity contribution in [3.8, 4) is 11.1 Å². The van der Waals surface area contributed by atoms with Gasteiger partial charge < -0.3 is 9.80 Å². The van der Waals surface area contributed by atoms with Gasteiger partial charge in [0.2, 0.25) is 0 Å². The van der Waals surface area contributed by atoms with Crippen LogP contribution in [0.15, 0.2) is 254 Å². The second-order valence-electron chi connectivity index (χ2n) is 16.1. The van der Waals surface area contributed by atoms with Crippen molar-refractivity contribution in [2.75, 3.05) is 9.80 Å². The number of anilines is 5. The molecule has 0 saturated carbocycles. The molecule has 1 aliphatic heterocycles. The minimum atomic E-state index is -2.92. The van der Waals surface area contributed by atoms with Crippen LogP contribution in [0.25, 0.3) is 42.1 Å². The minimum Gasteiger partial charge on any atom is -0.315 e. The highest BCUT2D eigenvalue weighted by molar-refractivity contribution is 7.26. The van der Waals surface area contributed by atoms with Crippen molar-refractivity contribution >= 4 is 94.4 Å². The molecule has 0 amide bonds. The Kier molecular flexibility index (Phi) is 9.80. The van der Waals surface area contributed by atoms with Gasteiger partial charge in [-0.05, 0) is 98.1 Å². The van der Waals surface area contributed by atoms with E-state index in [1.807, 2.05) is 17.4 Å². The average molecular weight is 841 g/mol. The topological polar surface area (TPSA) is 6.48 Å². The minimum absolute atomic E-state index is 1.10. The molecule has 9 aromatic carbocycles. The third-order valence-electron chi connectivity index (χ3n) is 12.7. The molecule has 4 heteroatoms. The molecule has 0 saturated heterocycles.